The minimum Gasteiger partial charge on any atom is -0.460 e. The summed E-state index contributed by atoms with van der Waals surface area (Å²) in [5.74, 6) is -1.70. The Kier molecular flexibility index (Phi) is 4.26. The molecule has 29 heavy (non-hydrogen) atoms. The van der Waals surface area contributed by atoms with E-state index in [0.29, 0.717) is 11.6 Å². The Hall–Kier alpha value is -2.63. The highest BCUT2D eigenvalue weighted by Crippen LogP contribution is 2.53. The number of carbonyl (C=O) groups excluding carboxylic acids is 2. The van der Waals surface area contributed by atoms with Gasteiger partial charge in [0.15, 0.2) is 0 Å². The quantitative estimate of drug-likeness (QED) is 0.571. The summed E-state index contributed by atoms with van der Waals surface area (Å²) in [7, 11) is 0. The van der Waals surface area contributed by atoms with Crippen LogP contribution in [0, 0.1) is 18.8 Å². The number of halogens is 1. The number of rotatable bonds is 4. The van der Waals surface area contributed by atoms with Gasteiger partial charge in [0.1, 0.15) is 18.1 Å². The molecule has 1 spiro atoms. The molecule has 3 aliphatic heterocycles. The Labute approximate surface area is 173 Å². The van der Waals surface area contributed by atoms with Crippen molar-refractivity contribution in [3.63, 3.8) is 0 Å². The van der Waals surface area contributed by atoms with Crippen molar-refractivity contribution in [2.75, 3.05) is 11.4 Å². The molecular formula is C23H20ClNO4. The van der Waals surface area contributed by atoms with Crippen LogP contribution in [0.1, 0.15) is 11.1 Å². The Morgan fingerprint density at radius 3 is 2.83 bits per heavy atom. The van der Waals surface area contributed by atoms with Gasteiger partial charge in [-0.1, -0.05) is 54.1 Å². The lowest BCUT2D eigenvalue weighted by atomic mass is 9.77. The number of nitrogens with zero attached hydrogens (tertiary/aromatic N) is 1. The van der Waals surface area contributed by atoms with Gasteiger partial charge in [-0.3, -0.25) is 9.59 Å². The molecule has 3 heterocycles. The summed E-state index contributed by atoms with van der Waals surface area (Å²) in [5.41, 5.74) is 1.79. The number of hydrogen-bond donors (Lipinski definition) is 0. The van der Waals surface area contributed by atoms with Crippen molar-refractivity contribution in [2.45, 2.75) is 25.2 Å². The zero-order valence-electron chi connectivity index (χ0n) is 15.9. The summed E-state index contributed by atoms with van der Waals surface area (Å²) in [6.07, 6.45) is 3.40. The van der Waals surface area contributed by atoms with Gasteiger partial charge >= 0.3 is 5.97 Å². The summed E-state index contributed by atoms with van der Waals surface area (Å²) in [4.78, 5) is 27.9. The van der Waals surface area contributed by atoms with Gasteiger partial charge in [0.25, 0.3) is 0 Å². The van der Waals surface area contributed by atoms with Gasteiger partial charge in [-0.05, 0) is 36.2 Å². The highest BCUT2D eigenvalue weighted by molar-refractivity contribution is 6.31. The van der Waals surface area contributed by atoms with Crippen LogP contribution in [0.25, 0.3) is 0 Å². The molecule has 5 nitrogen and oxygen atoms in total. The van der Waals surface area contributed by atoms with Gasteiger partial charge in [0.05, 0.1) is 18.6 Å². The molecule has 0 radical (unpaired) electrons. The number of esters is 1. The third kappa shape index (κ3) is 2.88. The second kappa shape index (κ2) is 6.71. The van der Waals surface area contributed by atoms with Crippen LogP contribution in [0.5, 0.6) is 0 Å². The predicted molar refractivity (Wildman–Crippen MR) is 109 cm³/mol. The highest BCUT2D eigenvalue weighted by atomic mass is 35.5. The van der Waals surface area contributed by atoms with Gasteiger partial charge in [0, 0.05) is 10.7 Å². The van der Waals surface area contributed by atoms with Gasteiger partial charge < -0.3 is 14.4 Å². The topological polar surface area (TPSA) is 55.8 Å². The van der Waals surface area contributed by atoms with E-state index >= 15 is 0 Å². The highest BCUT2D eigenvalue weighted by Gasteiger charge is 2.67. The van der Waals surface area contributed by atoms with E-state index in [1.165, 1.54) is 0 Å². The standard InChI is InChI=1S/C23H20ClNO4/c1-14-11-16(7-8-17(14)24)25-13-23-10-9-18(29-23)19(20(23)21(25)26)22(27)28-12-15-5-3-2-4-6-15/h2-11,18-20H,12-13H2,1H3. The molecule has 2 fully saturated rings. The first-order valence-electron chi connectivity index (χ1n) is 9.64. The third-order valence-corrected chi connectivity index (χ3v) is 6.47. The molecule has 6 heteroatoms. The maximum Gasteiger partial charge on any atom is 0.313 e. The van der Waals surface area contributed by atoms with Gasteiger partial charge in [0.2, 0.25) is 5.91 Å². The first kappa shape index (κ1) is 18.4. The summed E-state index contributed by atoms with van der Waals surface area (Å²) in [6, 6.07) is 15.0. The lowest BCUT2D eigenvalue weighted by Gasteiger charge is -2.22. The van der Waals surface area contributed by atoms with Crippen molar-refractivity contribution in [2.24, 2.45) is 11.8 Å². The SMILES string of the molecule is Cc1cc(N2CC34C=CC(O3)C(C(=O)OCc3ccccc3)C4C2=O)ccc1Cl. The number of hydrogen-bond acceptors (Lipinski definition) is 4. The van der Waals surface area contributed by atoms with Crippen LogP contribution in [0.15, 0.2) is 60.7 Å². The summed E-state index contributed by atoms with van der Waals surface area (Å²) in [5, 5.41) is 0.651. The average Bonchev–Trinajstić information content (AvgIpc) is 3.37. The van der Waals surface area contributed by atoms with Crippen molar-refractivity contribution in [3.8, 4) is 0 Å². The molecule has 0 saturated carbocycles. The summed E-state index contributed by atoms with van der Waals surface area (Å²) in [6.45, 7) is 2.46. The molecule has 3 aliphatic rings. The van der Waals surface area contributed by atoms with E-state index < -0.39 is 29.5 Å². The first-order valence-corrected chi connectivity index (χ1v) is 10.0. The minimum absolute atomic E-state index is 0.111. The van der Waals surface area contributed by atoms with Crippen molar-refractivity contribution in [3.05, 3.63) is 76.8 Å². The van der Waals surface area contributed by atoms with Crippen LogP contribution >= 0.6 is 11.6 Å². The zero-order chi connectivity index (χ0) is 20.2. The second-order valence-electron chi connectivity index (χ2n) is 7.85. The molecule has 2 bridgehead atoms. The van der Waals surface area contributed by atoms with E-state index in [1.54, 1.807) is 11.0 Å². The van der Waals surface area contributed by atoms with Crippen LogP contribution in [0.4, 0.5) is 5.69 Å². The maximum absolute atomic E-state index is 13.3. The Morgan fingerprint density at radius 1 is 1.28 bits per heavy atom. The van der Waals surface area contributed by atoms with Crippen LogP contribution in [-0.4, -0.2) is 30.1 Å². The number of carbonyl (C=O) groups is 2. The molecule has 0 N–H and O–H groups in total. The minimum atomic E-state index is -0.772. The molecule has 4 unspecified atom stereocenters. The second-order valence-corrected chi connectivity index (χ2v) is 8.26. The fraction of sp³-hybridized carbons (Fsp3) is 0.304. The number of fused-ring (bicyclic) bond motifs is 1. The molecule has 0 aliphatic carbocycles. The Morgan fingerprint density at radius 2 is 2.07 bits per heavy atom. The monoisotopic (exact) mass is 409 g/mol. The van der Waals surface area contributed by atoms with E-state index in [0.717, 1.165) is 16.8 Å². The molecule has 4 atom stereocenters. The number of anilines is 1. The average molecular weight is 410 g/mol. The van der Waals surface area contributed by atoms with E-state index in [4.69, 9.17) is 21.1 Å². The van der Waals surface area contributed by atoms with Crippen LogP contribution in [0.2, 0.25) is 5.02 Å². The lowest BCUT2D eigenvalue weighted by molar-refractivity contribution is -0.153. The maximum atomic E-state index is 13.3. The normalized spacial score (nSPS) is 29.4. The van der Waals surface area contributed by atoms with E-state index in [9.17, 15) is 9.59 Å². The van der Waals surface area contributed by atoms with Gasteiger partial charge in [-0.25, -0.2) is 0 Å². The molecule has 2 saturated heterocycles. The van der Waals surface area contributed by atoms with Crippen molar-refractivity contribution >= 4 is 29.2 Å². The Balaban J connectivity index is 1.39. The van der Waals surface area contributed by atoms with E-state index in [-0.39, 0.29) is 12.5 Å². The summed E-state index contributed by atoms with van der Waals surface area (Å²) < 4.78 is 11.7. The number of ether oxygens (including phenoxy) is 2. The zero-order valence-corrected chi connectivity index (χ0v) is 16.6. The largest absolute Gasteiger partial charge is 0.460 e. The third-order valence-electron chi connectivity index (χ3n) is 6.05. The van der Waals surface area contributed by atoms with Crippen LogP contribution in [0.3, 0.4) is 0 Å². The smallest absolute Gasteiger partial charge is 0.313 e. The molecule has 148 valence electrons. The molecule has 0 aromatic heterocycles. The van der Waals surface area contributed by atoms with E-state index in [2.05, 4.69) is 0 Å². The summed E-state index contributed by atoms with van der Waals surface area (Å²) >= 11 is 6.13. The Bertz CT molecular complexity index is 1020. The molecular weight excluding hydrogens is 390 g/mol. The van der Waals surface area contributed by atoms with Crippen molar-refractivity contribution < 1.29 is 19.1 Å². The molecule has 2 aromatic rings. The van der Waals surface area contributed by atoms with E-state index in [1.807, 2.05) is 61.5 Å². The number of amides is 1. The van der Waals surface area contributed by atoms with Crippen molar-refractivity contribution in [1.29, 1.82) is 0 Å². The fourth-order valence-corrected chi connectivity index (χ4v) is 4.73. The molecule has 1 amide bonds. The lowest BCUT2D eigenvalue weighted by Crippen LogP contribution is -2.40. The first-order chi connectivity index (χ1) is 14.0. The number of benzene rings is 2. The number of aryl methyl sites for hydroxylation is 1. The molecule has 5 rings (SSSR count). The van der Waals surface area contributed by atoms with Gasteiger partial charge in [-0.15, -0.1) is 0 Å². The van der Waals surface area contributed by atoms with Crippen LogP contribution in [-0.2, 0) is 25.7 Å². The van der Waals surface area contributed by atoms with Crippen molar-refractivity contribution in [1.82, 2.24) is 0 Å². The molecule has 2 aromatic carbocycles. The van der Waals surface area contributed by atoms with Gasteiger partial charge in [-0.2, -0.15) is 0 Å². The predicted octanol–water partition coefficient (Wildman–Crippen LogP) is 3.68. The van der Waals surface area contributed by atoms with Crippen LogP contribution < -0.4 is 4.90 Å². The fourth-order valence-electron chi connectivity index (χ4n) is 4.61.